The molecule has 0 spiro atoms. The van der Waals surface area contributed by atoms with E-state index in [0.29, 0.717) is 16.5 Å². The molecule has 3 aromatic carbocycles. The molecule has 0 aliphatic carbocycles. The number of hydrogen-bond donors (Lipinski definition) is 0. The summed E-state index contributed by atoms with van der Waals surface area (Å²) >= 11 is 0. The van der Waals surface area contributed by atoms with Crippen LogP contribution in [0.1, 0.15) is 76.3 Å². The molecule has 4 heteroatoms. The summed E-state index contributed by atoms with van der Waals surface area (Å²) in [5, 5.41) is 0.512. The van der Waals surface area contributed by atoms with Crippen LogP contribution in [-0.2, 0) is 5.41 Å². The normalized spacial score (nSPS) is 15.7. The Labute approximate surface area is 206 Å². The summed E-state index contributed by atoms with van der Waals surface area (Å²) in [7, 11) is 0. The van der Waals surface area contributed by atoms with Crippen LogP contribution in [0, 0.1) is 27.7 Å². The van der Waals surface area contributed by atoms with E-state index in [1.54, 1.807) is 4.90 Å². The summed E-state index contributed by atoms with van der Waals surface area (Å²) < 4.78 is 6.18. The Morgan fingerprint density at radius 2 is 1.40 bits per heavy atom. The zero-order chi connectivity index (χ0) is 25.2. The van der Waals surface area contributed by atoms with Crippen molar-refractivity contribution in [3.8, 4) is 0 Å². The number of rotatable bonds is 2. The zero-order valence-electron chi connectivity index (χ0n) is 21.4. The average Bonchev–Trinajstić information content (AvgIpc) is 3.09. The van der Waals surface area contributed by atoms with Gasteiger partial charge in [0.2, 0.25) is 5.76 Å². The molecule has 5 rings (SSSR count). The fraction of sp³-hybridized carbons (Fsp3) is 0.290. The van der Waals surface area contributed by atoms with Crippen LogP contribution < -0.4 is 10.3 Å². The highest BCUT2D eigenvalue weighted by molar-refractivity contribution is 6.10. The van der Waals surface area contributed by atoms with Crippen molar-refractivity contribution >= 4 is 22.6 Å². The molecule has 1 aliphatic rings. The first kappa shape index (κ1) is 23.1. The van der Waals surface area contributed by atoms with Gasteiger partial charge in [-0.25, -0.2) is 0 Å². The molecule has 0 fully saturated rings. The number of nitrogens with zero attached hydrogens (tertiary/aromatic N) is 1. The van der Waals surface area contributed by atoms with Gasteiger partial charge in [0.1, 0.15) is 5.58 Å². The molecule has 35 heavy (non-hydrogen) atoms. The fourth-order valence-corrected chi connectivity index (χ4v) is 4.85. The van der Waals surface area contributed by atoms with Gasteiger partial charge in [-0.1, -0.05) is 51.1 Å². The standard InChI is InChI=1S/C31H31NO3/c1-17-8-13-23(14-18(17)2)32-27(21-9-11-22(12-10-21)31(5,6)7)26-28(33)24-15-19(3)20(4)16-25(24)35-29(26)30(32)34/h8-16,27H,1-7H3. The number of amides is 1. The molecule has 0 saturated carbocycles. The van der Waals surface area contributed by atoms with Crippen LogP contribution in [0.15, 0.2) is 63.8 Å². The third-order valence-electron chi connectivity index (χ3n) is 7.35. The van der Waals surface area contributed by atoms with Crippen molar-refractivity contribution in [1.82, 2.24) is 0 Å². The van der Waals surface area contributed by atoms with Gasteiger partial charge in [-0.15, -0.1) is 0 Å². The van der Waals surface area contributed by atoms with Gasteiger partial charge in [-0.05, 0) is 90.8 Å². The Hall–Kier alpha value is -3.66. The van der Waals surface area contributed by atoms with E-state index in [9.17, 15) is 9.59 Å². The number of carbonyl (C=O) groups excluding carboxylic acids is 1. The van der Waals surface area contributed by atoms with E-state index in [0.717, 1.165) is 33.5 Å². The molecule has 4 aromatic rings. The minimum absolute atomic E-state index is 0.000303. The van der Waals surface area contributed by atoms with Crippen molar-refractivity contribution in [3.05, 3.63) is 110 Å². The van der Waals surface area contributed by atoms with E-state index in [1.165, 1.54) is 5.56 Å². The van der Waals surface area contributed by atoms with Crippen molar-refractivity contribution in [2.75, 3.05) is 4.90 Å². The fourth-order valence-electron chi connectivity index (χ4n) is 4.85. The van der Waals surface area contributed by atoms with E-state index in [-0.39, 0.29) is 22.5 Å². The number of benzene rings is 3. The molecular weight excluding hydrogens is 434 g/mol. The largest absolute Gasteiger partial charge is 0.450 e. The van der Waals surface area contributed by atoms with E-state index >= 15 is 0 Å². The van der Waals surface area contributed by atoms with Gasteiger partial charge in [0, 0.05) is 5.69 Å². The number of hydrogen-bond acceptors (Lipinski definition) is 3. The number of fused-ring (bicyclic) bond motifs is 2. The highest BCUT2D eigenvalue weighted by Crippen LogP contribution is 2.42. The van der Waals surface area contributed by atoms with E-state index in [2.05, 4.69) is 32.9 Å². The van der Waals surface area contributed by atoms with Crippen molar-refractivity contribution in [1.29, 1.82) is 0 Å². The Balaban J connectivity index is 1.79. The first-order valence-electron chi connectivity index (χ1n) is 12.1. The third-order valence-corrected chi connectivity index (χ3v) is 7.35. The molecule has 4 nitrogen and oxygen atoms in total. The monoisotopic (exact) mass is 465 g/mol. The number of anilines is 1. The molecule has 178 valence electrons. The highest BCUT2D eigenvalue weighted by atomic mass is 16.3. The summed E-state index contributed by atoms with van der Waals surface area (Å²) in [5.74, 6) is -0.153. The van der Waals surface area contributed by atoms with Crippen LogP contribution in [0.5, 0.6) is 0 Å². The van der Waals surface area contributed by atoms with Gasteiger partial charge in [0.05, 0.1) is 17.0 Å². The Kier molecular flexibility index (Phi) is 5.24. The lowest BCUT2D eigenvalue weighted by atomic mass is 9.85. The van der Waals surface area contributed by atoms with Crippen molar-refractivity contribution in [2.45, 2.75) is 59.9 Å². The SMILES string of the molecule is Cc1ccc(N2C(=O)c3oc4cc(C)c(C)cc4c(=O)c3C2c2ccc(C(C)(C)C)cc2)cc1C. The van der Waals surface area contributed by atoms with Crippen molar-refractivity contribution < 1.29 is 9.21 Å². The van der Waals surface area contributed by atoms with Crippen LogP contribution in [-0.4, -0.2) is 5.91 Å². The van der Waals surface area contributed by atoms with Gasteiger partial charge in [-0.3, -0.25) is 14.5 Å². The molecule has 1 unspecified atom stereocenters. The second-order valence-electron chi connectivity index (χ2n) is 10.8. The number of carbonyl (C=O) groups is 1. The predicted molar refractivity (Wildman–Crippen MR) is 142 cm³/mol. The van der Waals surface area contributed by atoms with Crippen LogP contribution in [0.3, 0.4) is 0 Å². The van der Waals surface area contributed by atoms with Gasteiger partial charge in [0.15, 0.2) is 5.43 Å². The predicted octanol–water partition coefficient (Wildman–Crippen LogP) is 7.07. The van der Waals surface area contributed by atoms with Crippen LogP contribution >= 0.6 is 0 Å². The van der Waals surface area contributed by atoms with E-state index < -0.39 is 6.04 Å². The van der Waals surface area contributed by atoms with Crippen LogP contribution in [0.4, 0.5) is 5.69 Å². The maximum Gasteiger partial charge on any atom is 0.295 e. The molecule has 1 aliphatic heterocycles. The Morgan fingerprint density at radius 1 is 0.771 bits per heavy atom. The summed E-state index contributed by atoms with van der Waals surface area (Å²) in [5.41, 5.74) is 7.83. The molecule has 0 N–H and O–H groups in total. The summed E-state index contributed by atoms with van der Waals surface area (Å²) in [6.45, 7) is 14.5. The van der Waals surface area contributed by atoms with Crippen LogP contribution in [0.2, 0.25) is 0 Å². The second-order valence-corrected chi connectivity index (χ2v) is 10.8. The Bertz CT molecular complexity index is 1550. The first-order valence-corrected chi connectivity index (χ1v) is 12.1. The molecule has 1 amide bonds. The quantitative estimate of drug-likeness (QED) is 0.318. The van der Waals surface area contributed by atoms with Gasteiger partial charge >= 0.3 is 0 Å². The minimum atomic E-state index is -0.559. The maximum atomic E-state index is 13.9. The van der Waals surface area contributed by atoms with Crippen molar-refractivity contribution in [2.24, 2.45) is 0 Å². The molecule has 0 radical (unpaired) electrons. The van der Waals surface area contributed by atoms with E-state index in [4.69, 9.17) is 4.42 Å². The lowest BCUT2D eigenvalue weighted by molar-refractivity contribution is 0.0971. The summed E-state index contributed by atoms with van der Waals surface area (Å²) in [6.07, 6.45) is 0. The van der Waals surface area contributed by atoms with Crippen molar-refractivity contribution in [3.63, 3.8) is 0 Å². The van der Waals surface area contributed by atoms with Gasteiger partial charge in [-0.2, -0.15) is 0 Å². The first-order chi connectivity index (χ1) is 16.5. The topological polar surface area (TPSA) is 50.5 Å². The van der Waals surface area contributed by atoms with Gasteiger partial charge < -0.3 is 4.42 Å². The zero-order valence-corrected chi connectivity index (χ0v) is 21.4. The lowest BCUT2D eigenvalue weighted by Crippen LogP contribution is -2.29. The van der Waals surface area contributed by atoms with Gasteiger partial charge in [0.25, 0.3) is 5.91 Å². The molecule has 2 heterocycles. The molecule has 0 bridgehead atoms. The molecule has 1 aromatic heterocycles. The van der Waals surface area contributed by atoms with E-state index in [1.807, 2.05) is 70.2 Å². The molecule has 0 saturated heterocycles. The highest BCUT2D eigenvalue weighted by Gasteiger charge is 2.43. The summed E-state index contributed by atoms with van der Waals surface area (Å²) in [6, 6.07) is 17.4. The molecule has 1 atom stereocenters. The minimum Gasteiger partial charge on any atom is -0.450 e. The average molecular weight is 466 g/mol. The third kappa shape index (κ3) is 3.68. The second kappa shape index (κ2) is 7.94. The van der Waals surface area contributed by atoms with Crippen LogP contribution in [0.25, 0.3) is 11.0 Å². The lowest BCUT2D eigenvalue weighted by Gasteiger charge is -2.27. The molecular formula is C31H31NO3. The maximum absolute atomic E-state index is 13.9. The Morgan fingerprint density at radius 3 is 2.03 bits per heavy atom. The summed E-state index contributed by atoms with van der Waals surface area (Å²) in [4.78, 5) is 29.5. The number of aryl methyl sites for hydroxylation is 4. The smallest absolute Gasteiger partial charge is 0.295 e.